The van der Waals surface area contributed by atoms with Gasteiger partial charge in [-0.2, -0.15) is 0 Å². The fourth-order valence-electron chi connectivity index (χ4n) is 1.64. The normalized spacial score (nSPS) is 20.8. The van der Waals surface area contributed by atoms with Crippen LogP contribution >= 0.6 is 0 Å². The Hall–Kier alpha value is -1.78. The zero-order valence-corrected chi connectivity index (χ0v) is 8.36. The molecule has 0 aromatic carbocycles. The smallest absolute Gasteiger partial charge is 0.242 e. The molecule has 1 atom stereocenters. The van der Waals surface area contributed by atoms with Crippen molar-refractivity contribution in [1.82, 2.24) is 10.3 Å². The molecule has 4 N–H and O–H groups in total. The second kappa shape index (κ2) is 4.16. The van der Waals surface area contributed by atoms with Crippen LogP contribution in [0, 0.1) is 0 Å². The van der Waals surface area contributed by atoms with E-state index < -0.39 is 0 Å². The van der Waals surface area contributed by atoms with Gasteiger partial charge in [-0.15, -0.1) is 0 Å². The van der Waals surface area contributed by atoms with E-state index in [9.17, 15) is 4.79 Å². The van der Waals surface area contributed by atoms with Gasteiger partial charge in [0.05, 0.1) is 5.69 Å². The molecule has 0 spiro atoms. The van der Waals surface area contributed by atoms with Crippen LogP contribution in [-0.4, -0.2) is 23.5 Å². The van der Waals surface area contributed by atoms with Gasteiger partial charge in [0.25, 0.3) is 0 Å². The Morgan fingerprint density at radius 1 is 1.60 bits per heavy atom. The predicted octanol–water partition coefficient (Wildman–Crippen LogP) is 0.354. The Bertz CT molecular complexity index is 366. The van der Waals surface area contributed by atoms with E-state index in [0.29, 0.717) is 5.82 Å². The van der Waals surface area contributed by atoms with Crippen LogP contribution in [0.4, 0.5) is 11.5 Å². The first-order valence-electron chi connectivity index (χ1n) is 5.02. The molecule has 1 aromatic heterocycles. The number of nitrogen functional groups attached to an aromatic ring is 1. The number of piperidine rings is 1. The highest BCUT2D eigenvalue weighted by atomic mass is 16.2. The van der Waals surface area contributed by atoms with Crippen LogP contribution in [0.2, 0.25) is 0 Å². The Kier molecular flexibility index (Phi) is 2.71. The highest BCUT2D eigenvalue weighted by Crippen LogP contribution is 2.17. The molecule has 1 unspecified atom stereocenters. The lowest BCUT2D eigenvalue weighted by atomic mass is 10.1. The third-order valence-electron chi connectivity index (χ3n) is 2.45. The van der Waals surface area contributed by atoms with Crippen LogP contribution in [0.25, 0.3) is 0 Å². The monoisotopic (exact) mass is 206 g/mol. The Balaban J connectivity index is 2.08. The van der Waals surface area contributed by atoms with Crippen LogP contribution < -0.4 is 16.4 Å². The average molecular weight is 206 g/mol. The molecule has 80 valence electrons. The van der Waals surface area contributed by atoms with Crippen LogP contribution in [-0.2, 0) is 4.79 Å². The van der Waals surface area contributed by atoms with Crippen molar-refractivity contribution >= 4 is 17.4 Å². The SMILES string of the molecule is Nc1ncccc1NC1CCCNC1=O. The predicted molar refractivity (Wildman–Crippen MR) is 58.3 cm³/mol. The molecule has 2 heterocycles. The molecule has 0 saturated carbocycles. The van der Waals surface area contributed by atoms with Gasteiger partial charge in [0, 0.05) is 12.7 Å². The van der Waals surface area contributed by atoms with E-state index in [4.69, 9.17) is 5.73 Å². The van der Waals surface area contributed by atoms with Crippen molar-refractivity contribution in [2.75, 3.05) is 17.6 Å². The summed E-state index contributed by atoms with van der Waals surface area (Å²) in [5, 5.41) is 5.91. The number of anilines is 2. The third kappa shape index (κ3) is 2.18. The van der Waals surface area contributed by atoms with Gasteiger partial charge in [0.1, 0.15) is 11.9 Å². The number of nitrogens with zero attached hydrogens (tertiary/aromatic N) is 1. The second-order valence-corrected chi connectivity index (χ2v) is 3.57. The Morgan fingerprint density at radius 2 is 2.47 bits per heavy atom. The molecular formula is C10H14N4O. The van der Waals surface area contributed by atoms with Gasteiger partial charge in [0.15, 0.2) is 0 Å². The van der Waals surface area contributed by atoms with Crippen LogP contribution in [0.3, 0.4) is 0 Å². The number of amides is 1. The molecule has 1 amide bonds. The average Bonchev–Trinajstić information content (AvgIpc) is 2.24. The first-order chi connectivity index (χ1) is 7.27. The summed E-state index contributed by atoms with van der Waals surface area (Å²) in [6.07, 6.45) is 3.45. The number of carbonyl (C=O) groups excluding carboxylic acids is 1. The zero-order chi connectivity index (χ0) is 10.7. The van der Waals surface area contributed by atoms with Gasteiger partial charge >= 0.3 is 0 Å². The van der Waals surface area contributed by atoms with Crippen LogP contribution in [0.15, 0.2) is 18.3 Å². The van der Waals surface area contributed by atoms with Crippen LogP contribution in [0.1, 0.15) is 12.8 Å². The van der Waals surface area contributed by atoms with Crippen LogP contribution in [0.5, 0.6) is 0 Å². The number of hydrogen-bond donors (Lipinski definition) is 3. The lowest BCUT2D eigenvalue weighted by Gasteiger charge is -2.23. The lowest BCUT2D eigenvalue weighted by molar-refractivity contribution is -0.123. The van der Waals surface area contributed by atoms with Crippen molar-refractivity contribution in [3.8, 4) is 0 Å². The molecule has 1 aromatic rings. The molecule has 0 aliphatic carbocycles. The fourth-order valence-corrected chi connectivity index (χ4v) is 1.64. The van der Waals surface area contributed by atoms with Crippen molar-refractivity contribution in [2.24, 2.45) is 0 Å². The number of hydrogen-bond acceptors (Lipinski definition) is 4. The fraction of sp³-hybridized carbons (Fsp3) is 0.400. The Morgan fingerprint density at radius 3 is 3.20 bits per heavy atom. The minimum Gasteiger partial charge on any atom is -0.382 e. The molecule has 1 fully saturated rings. The minimum atomic E-state index is -0.190. The van der Waals surface area contributed by atoms with Gasteiger partial charge in [-0.3, -0.25) is 4.79 Å². The van der Waals surface area contributed by atoms with E-state index in [1.165, 1.54) is 0 Å². The van der Waals surface area contributed by atoms with Crippen molar-refractivity contribution in [3.05, 3.63) is 18.3 Å². The summed E-state index contributed by atoms with van der Waals surface area (Å²) in [6.45, 7) is 0.763. The molecule has 2 rings (SSSR count). The molecule has 0 bridgehead atoms. The number of carbonyl (C=O) groups is 1. The highest BCUT2D eigenvalue weighted by Gasteiger charge is 2.21. The van der Waals surface area contributed by atoms with Gasteiger partial charge in [-0.25, -0.2) is 4.98 Å². The van der Waals surface area contributed by atoms with E-state index in [-0.39, 0.29) is 11.9 Å². The quantitative estimate of drug-likeness (QED) is 0.652. The number of rotatable bonds is 2. The standard InChI is InChI=1S/C10H14N4O/c11-9-7(3-1-5-12-9)14-8-4-2-6-13-10(8)15/h1,3,5,8,14H,2,4,6H2,(H2,11,12)(H,13,15). The summed E-state index contributed by atoms with van der Waals surface area (Å²) in [5.41, 5.74) is 6.40. The first-order valence-corrected chi connectivity index (χ1v) is 5.02. The van der Waals surface area contributed by atoms with E-state index in [1.54, 1.807) is 12.3 Å². The molecular weight excluding hydrogens is 192 g/mol. The van der Waals surface area contributed by atoms with Gasteiger partial charge in [-0.05, 0) is 25.0 Å². The lowest BCUT2D eigenvalue weighted by Crippen LogP contribution is -2.44. The van der Waals surface area contributed by atoms with E-state index in [0.717, 1.165) is 25.1 Å². The third-order valence-corrected chi connectivity index (χ3v) is 2.45. The molecule has 15 heavy (non-hydrogen) atoms. The highest BCUT2D eigenvalue weighted by molar-refractivity contribution is 5.86. The summed E-state index contributed by atoms with van der Waals surface area (Å²) in [6, 6.07) is 3.43. The molecule has 1 aliphatic rings. The summed E-state index contributed by atoms with van der Waals surface area (Å²) in [5.74, 6) is 0.459. The van der Waals surface area contributed by atoms with Gasteiger partial charge in [-0.1, -0.05) is 0 Å². The van der Waals surface area contributed by atoms with E-state index >= 15 is 0 Å². The summed E-state index contributed by atoms with van der Waals surface area (Å²) in [4.78, 5) is 15.4. The number of aromatic nitrogens is 1. The number of nitrogens with one attached hydrogen (secondary N) is 2. The Labute approximate surface area is 88.1 Å². The summed E-state index contributed by atoms with van der Waals surface area (Å²) >= 11 is 0. The van der Waals surface area contributed by atoms with E-state index in [1.807, 2.05) is 6.07 Å². The molecule has 1 saturated heterocycles. The molecule has 1 aliphatic heterocycles. The molecule has 5 nitrogen and oxygen atoms in total. The maximum absolute atomic E-state index is 11.5. The van der Waals surface area contributed by atoms with Crippen molar-refractivity contribution in [1.29, 1.82) is 0 Å². The molecule has 5 heteroatoms. The van der Waals surface area contributed by atoms with Gasteiger partial charge in [0.2, 0.25) is 5.91 Å². The topological polar surface area (TPSA) is 80.0 Å². The zero-order valence-electron chi connectivity index (χ0n) is 8.36. The number of pyridine rings is 1. The number of nitrogens with two attached hydrogens (primary N) is 1. The largest absolute Gasteiger partial charge is 0.382 e. The maximum Gasteiger partial charge on any atom is 0.242 e. The van der Waals surface area contributed by atoms with Gasteiger partial charge < -0.3 is 16.4 Å². The first kappa shape index (κ1) is 9.76. The van der Waals surface area contributed by atoms with Crippen molar-refractivity contribution in [2.45, 2.75) is 18.9 Å². The maximum atomic E-state index is 11.5. The minimum absolute atomic E-state index is 0.0319. The summed E-state index contributed by atoms with van der Waals surface area (Å²) in [7, 11) is 0. The van der Waals surface area contributed by atoms with E-state index in [2.05, 4.69) is 15.6 Å². The summed E-state index contributed by atoms with van der Waals surface area (Å²) < 4.78 is 0. The van der Waals surface area contributed by atoms with Crippen molar-refractivity contribution < 1.29 is 4.79 Å². The molecule has 0 radical (unpaired) electrons. The van der Waals surface area contributed by atoms with Crippen molar-refractivity contribution in [3.63, 3.8) is 0 Å². The second-order valence-electron chi connectivity index (χ2n) is 3.57.